The van der Waals surface area contributed by atoms with Crippen molar-refractivity contribution in [1.82, 2.24) is 0 Å². The molecule has 4 heteroatoms. The molecule has 0 aliphatic heterocycles. The molecule has 0 saturated heterocycles. The van der Waals surface area contributed by atoms with Crippen LogP contribution in [0, 0.1) is 5.92 Å². The van der Waals surface area contributed by atoms with Gasteiger partial charge in [-0.25, -0.2) is 0 Å². The fourth-order valence-corrected chi connectivity index (χ4v) is 2.01. The van der Waals surface area contributed by atoms with Crippen LogP contribution in [0.25, 0.3) is 0 Å². The van der Waals surface area contributed by atoms with Crippen LogP contribution in [0.1, 0.15) is 24.8 Å². The van der Waals surface area contributed by atoms with E-state index in [1.165, 1.54) is 12.5 Å². The predicted octanol–water partition coefficient (Wildman–Crippen LogP) is 2.13. The smallest absolute Gasteiger partial charge is 0.221 e. The quantitative estimate of drug-likeness (QED) is 0.851. The largest absolute Gasteiger partial charge is 0.330 e. The van der Waals surface area contributed by atoms with Crippen LogP contribution in [0.2, 0.25) is 0 Å². The van der Waals surface area contributed by atoms with Gasteiger partial charge in [-0.3, -0.25) is 4.79 Å². The van der Waals surface area contributed by atoms with Gasteiger partial charge in [0.1, 0.15) is 0 Å². The molecule has 1 amide bonds. The van der Waals surface area contributed by atoms with E-state index in [0.29, 0.717) is 11.8 Å². The van der Waals surface area contributed by atoms with E-state index in [1.807, 2.05) is 18.2 Å². The first-order valence-corrected chi connectivity index (χ1v) is 5.29. The molecule has 1 aromatic carbocycles. The van der Waals surface area contributed by atoms with Gasteiger partial charge in [-0.2, -0.15) is 0 Å². The summed E-state index contributed by atoms with van der Waals surface area (Å²) in [6, 6.07) is 7.97. The molecule has 1 fully saturated rings. The van der Waals surface area contributed by atoms with Crippen molar-refractivity contribution in [2.75, 3.05) is 11.9 Å². The third-order valence-electron chi connectivity index (χ3n) is 2.90. The lowest BCUT2D eigenvalue weighted by atomic mass is 10.1. The molecule has 3 N–H and O–H groups in total. The standard InChI is InChI=1S/C12H16N2O.ClH/c1-8(15)14-12-5-3-2-4-10(12)11-6-9(11)7-13;/h2-5,9,11H,6-7,13H2,1H3,(H,14,15);1H/t9-,11+;/m0./s1. The molecule has 1 aromatic rings. The number of hydrogen-bond donors (Lipinski definition) is 2. The van der Waals surface area contributed by atoms with Crippen LogP contribution in [0.5, 0.6) is 0 Å². The maximum absolute atomic E-state index is 11.0. The second kappa shape index (κ2) is 5.32. The molecular formula is C12H17ClN2O. The van der Waals surface area contributed by atoms with Gasteiger partial charge in [0.15, 0.2) is 0 Å². The third kappa shape index (κ3) is 2.74. The number of carbonyl (C=O) groups excluding carboxylic acids is 1. The number of rotatable bonds is 3. The first-order valence-electron chi connectivity index (χ1n) is 5.29. The molecule has 0 heterocycles. The Morgan fingerprint density at radius 3 is 2.75 bits per heavy atom. The summed E-state index contributed by atoms with van der Waals surface area (Å²) >= 11 is 0. The minimum atomic E-state index is -0.0209. The zero-order valence-corrected chi connectivity index (χ0v) is 10.1. The molecule has 2 atom stereocenters. The van der Waals surface area contributed by atoms with Crippen LogP contribution in [0.3, 0.4) is 0 Å². The van der Waals surface area contributed by atoms with Gasteiger partial charge in [0.2, 0.25) is 5.91 Å². The summed E-state index contributed by atoms with van der Waals surface area (Å²) in [7, 11) is 0. The molecule has 1 saturated carbocycles. The van der Waals surface area contributed by atoms with E-state index < -0.39 is 0 Å². The average molecular weight is 241 g/mol. The first-order chi connectivity index (χ1) is 7.22. The van der Waals surface area contributed by atoms with E-state index in [1.54, 1.807) is 0 Å². The molecule has 88 valence electrons. The van der Waals surface area contributed by atoms with Crippen LogP contribution in [0.15, 0.2) is 24.3 Å². The third-order valence-corrected chi connectivity index (χ3v) is 2.90. The van der Waals surface area contributed by atoms with Crippen LogP contribution in [-0.2, 0) is 4.79 Å². The Hall–Kier alpha value is -1.06. The SMILES string of the molecule is CC(=O)Nc1ccccc1[C@@H]1C[C@H]1CN.Cl. The van der Waals surface area contributed by atoms with Gasteiger partial charge in [0.25, 0.3) is 0 Å². The van der Waals surface area contributed by atoms with Gasteiger partial charge in [-0.15, -0.1) is 12.4 Å². The second-order valence-corrected chi connectivity index (χ2v) is 4.11. The van der Waals surface area contributed by atoms with Crippen LogP contribution in [-0.4, -0.2) is 12.5 Å². The number of para-hydroxylation sites is 1. The molecule has 0 unspecified atom stereocenters. The fraction of sp³-hybridized carbons (Fsp3) is 0.417. The first kappa shape index (κ1) is 13.0. The van der Waals surface area contributed by atoms with E-state index in [4.69, 9.17) is 5.73 Å². The molecule has 3 nitrogen and oxygen atoms in total. The highest BCUT2D eigenvalue weighted by molar-refractivity contribution is 5.89. The van der Waals surface area contributed by atoms with Gasteiger partial charge < -0.3 is 11.1 Å². The molecule has 1 aliphatic rings. The van der Waals surface area contributed by atoms with Crippen molar-refractivity contribution in [3.8, 4) is 0 Å². The Labute approximate surface area is 102 Å². The van der Waals surface area contributed by atoms with E-state index in [2.05, 4.69) is 11.4 Å². The number of nitrogens with one attached hydrogen (secondary N) is 1. The topological polar surface area (TPSA) is 55.1 Å². The number of amides is 1. The summed E-state index contributed by atoms with van der Waals surface area (Å²) in [5, 5.41) is 2.86. The predicted molar refractivity (Wildman–Crippen MR) is 67.9 cm³/mol. The normalized spacial score (nSPS) is 22.1. The summed E-state index contributed by atoms with van der Waals surface area (Å²) in [6.07, 6.45) is 1.15. The van der Waals surface area contributed by atoms with Crippen molar-refractivity contribution >= 4 is 24.0 Å². The lowest BCUT2D eigenvalue weighted by Gasteiger charge is -2.08. The highest BCUT2D eigenvalue weighted by Crippen LogP contribution is 2.48. The van der Waals surface area contributed by atoms with Crippen LogP contribution in [0.4, 0.5) is 5.69 Å². The Bertz CT molecular complexity index is 381. The van der Waals surface area contributed by atoms with Gasteiger partial charge in [-0.05, 0) is 36.4 Å². The molecule has 0 bridgehead atoms. The maximum atomic E-state index is 11.0. The number of halogens is 1. The van der Waals surface area contributed by atoms with E-state index >= 15 is 0 Å². The number of benzene rings is 1. The molecule has 0 spiro atoms. The highest BCUT2D eigenvalue weighted by atomic mass is 35.5. The van der Waals surface area contributed by atoms with Crippen molar-refractivity contribution in [2.24, 2.45) is 11.7 Å². The van der Waals surface area contributed by atoms with E-state index in [9.17, 15) is 4.79 Å². The maximum Gasteiger partial charge on any atom is 0.221 e. The fourth-order valence-electron chi connectivity index (χ4n) is 2.01. The molecule has 0 radical (unpaired) electrons. The minimum absolute atomic E-state index is 0. The number of carbonyl (C=O) groups is 1. The van der Waals surface area contributed by atoms with E-state index in [0.717, 1.165) is 18.7 Å². The van der Waals surface area contributed by atoms with Crippen LogP contribution >= 0.6 is 12.4 Å². The lowest BCUT2D eigenvalue weighted by molar-refractivity contribution is -0.114. The van der Waals surface area contributed by atoms with Crippen molar-refractivity contribution in [1.29, 1.82) is 0 Å². The zero-order valence-electron chi connectivity index (χ0n) is 9.27. The molecule has 0 aromatic heterocycles. The average Bonchev–Trinajstić information content (AvgIpc) is 2.97. The number of nitrogens with two attached hydrogens (primary N) is 1. The lowest BCUT2D eigenvalue weighted by Crippen LogP contribution is -2.08. The van der Waals surface area contributed by atoms with Gasteiger partial charge in [-0.1, -0.05) is 18.2 Å². The van der Waals surface area contributed by atoms with Crippen molar-refractivity contribution in [2.45, 2.75) is 19.3 Å². The van der Waals surface area contributed by atoms with E-state index in [-0.39, 0.29) is 18.3 Å². The van der Waals surface area contributed by atoms with Gasteiger partial charge in [0, 0.05) is 12.6 Å². The molecule has 1 aliphatic carbocycles. The zero-order chi connectivity index (χ0) is 10.8. The monoisotopic (exact) mass is 240 g/mol. The van der Waals surface area contributed by atoms with Crippen molar-refractivity contribution in [3.63, 3.8) is 0 Å². The summed E-state index contributed by atoms with van der Waals surface area (Å²) in [5.41, 5.74) is 7.79. The summed E-state index contributed by atoms with van der Waals surface area (Å²) in [6.45, 7) is 2.27. The highest BCUT2D eigenvalue weighted by Gasteiger charge is 2.38. The molecular weight excluding hydrogens is 224 g/mol. The van der Waals surface area contributed by atoms with Crippen molar-refractivity contribution in [3.05, 3.63) is 29.8 Å². The Kier molecular flexibility index (Phi) is 4.33. The van der Waals surface area contributed by atoms with Gasteiger partial charge in [0.05, 0.1) is 0 Å². The Morgan fingerprint density at radius 1 is 1.50 bits per heavy atom. The van der Waals surface area contributed by atoms with Crippen LogP contribution < -0.4 is 11.1 Å². The Balaban J connectivity index is 0.00000128. The summed E-state index contributed by atoms with van der Waals surface area (Å²) < 4.78 is 0. The Morgan fingerprint density at radius 2 is 2.19 bits per heavy atom. The second-order valence-electron chi connectivity index (χ2n) is 4.11. The number of hydrogen-bond acceptors (Lipinski definition) is 2. The van der Waals surface area contributed by atoms with Crippen molar-refractivity contribution < 1.29 is 4.79 Å². The molecule has 16 heavy (non-hydrogen) atoms. The number of anilines is 1. The molecule has 2 rings (SSSR count). The minimum Gasteiger partial charge on any atom is -0.330 e. The van der Waals surface area contributed by atoms with Gasteiger partial charge >= 0.3 is 0 Å². The summed E-state index contributed by atoms with van der Waals surface area (Å²) in [5.74, 6) is 1.12. The summed E-state index contributed by atoms with van der Waals surface area (Å²) in [4.78, 5) is 11.0.